The van der Waals surface area contributed by atoms with Crippen molar-refractivity contribution in [1.82, 2.24) is 9.88 Å². The highest BCUT2D eigenvalue weighted by atomic mass is 16.3. The van der Waals surface area contributed by atoms with Crippen LogP contribution in [-0.2, 0) is 0 Å². The van der Waals surface area contributed by atoms with E-state index < -0.39 is 5.60 Å². The second kappa shape index (κ2) is 4.49. The zero-order valence-corrected chi connectivity index (χ0v) is 9.77. The van der Waals surface area contributed by atoms with E-state index in [1.807, 2.05) is 0 Å². The number of aliphatic hydroxyl groups is 1. The number of hydrogen-bond acceptors (Lipinski definition) is 4. The van der Waals surface area contributed by atoms with Crippen LogP contribution in [0.1, 0.15) is 24.3 Å². The minimum Gasteiger partial charge on any atom is -0.389 e. The van der Waals surface area contributed by atoms with Gasteiger partial charge in [-0.3, -0.25) is 4.79 Å². The zero-order chi connectivity index (χ0) is 12.3. The van der Waals surface area contributed by atoms with Gasteiger partial charge in [-0.25, -0.2) is 4.98 Å². The molecule has 0 fully saturated rings. The molecule has 0 radical (unpaired) electrons. The molecule has 5 nitrogen and oxygen atoms in total. The maximum atomic E-state index is 11.9. The van der Waals surface area contributed by atoms with Gasteiger partial charge in [0.1, 0.15) is 11.5 Å². The number of hydrogen-bond donors (Lipinski definition) is 2. The number of nitrogens with zero attached hydrogens (tertiary/aromatic N) is 2. The maximum absolute atomic E-state index is 11.9. The zero-order valence-electron chi connectivity index (χ0n) is 9.77. The van der Waals surface area contributed by atoms with Gasteiger partial charge >= 0.3 is 0 Å². The molecule has 0 aromatic carbocycles. The molecule has 0 unspecified atom stereocenters. The molecule has 1 rings (SSSR count). The molecule has 0 aliphatic carbocycles. The number of carbonyl (C=O) groups excluding carboxylic acids is 1. The van der Waals surface area contributed by atoms with Crippen LogP contribution < -0.4 is 5.73 Å². The molecule has 1 heterocycles. The van der Waals surface area contributed by atoms with Crippen molar-refractivity contribution in [1.29, 1.82) is 0 Å². The molecule has 0 aliphatic rings. The van der Waals surface area contributed by atoms with Crippen LogP contribution in [0.5, 0.6) is 0 Å². The second-order valence-corrected chi connectivity index (χ2v) is 4.42. The Kier molecular flexibility index (Phi) is 3.49. The molecule has 0 bridgehead atoms. The number of aromatic nitrogens is 1. The average molecular weight is 223 g/mol. The Labute approximate surface area is 94.9 Å². The number of amides is 1. The minimum atomic E-state index is -0.926. The number of nitrogens with two attached hydrogens (primary N) is 1. The molecule has 0 saturated heterocycles. The monoisotopic (exact) mass is 223 g/mol. The molecule has 1 amide bonds. The molecular formula is C11H17N3O2. The number of rotatable bonds is 3. The van der Waals surface area contributed by atoms with Gasteiger partial charge in [-0.05, 0) is 26.0 Å². The summed E-state index contributed by atoms with van der Waals surface area (Å²) in [7, 11) is 1.62. The predicted molar refractivity (Wildman–Crippen MR) is 61.9 cm³/mol. The Morgan fingerprint density at radius 1 is 1.56 bits per heavy atom. The summed E-state index contributed by atoms with van der Waals surface area (Å²) in [5.74, 6) is 0.0527. The van der Waals surface area contributed by atoms with Gasteiger partial charge in [0.2, 0.25) is 0 Å². The maximum Gasteiger partial charge on any atom is 0.272 e. The van der Waals surface area contributed by atoms with Gasteiger partial charge in [0.25, 0.3) is 5.91 Å². The van der Waals surface area contributed by atoms with E-state index in [4.69, 9.17) is 5.73 Å². The van der Waals surface area contributed by atoms with E-state index in [-0.39, 0.29) is 18.1 Å². The minimum absolute atomic E-state index is 0.238. The van der Waals surface area contributed by atoms with Gasteiger partial charge < -0.3 is 15.7 Å². The van der Waals surface area contributed by atoms with Crippen LogP contribution in [0.3, 0.4) is 0 Å². The smallest absolute Gasteiger partial charge is 0.272 e. The van der Waals surface area contributed by atoms with Crippen LogP contribution >= 0.6 is 0 Å². The highest BCUT2D eigenvalue weighted by molar-refractivity contribution is 5.92. The number of carbonyl (C=O) groups is 1. The number of pyridine rings is 1. The van der Waals surface area contributed by atoms with Crippen molar-refractivity contribution in [3.05, 3.63) is 23.9 Å². The number of likely N-dealkylation sites (N-methyl/N-ethyl adjacent to an activating group) is 1. The molecule has 1 aromatic heterocycles. The van der Waals surface area contributed by atoms with E-state index in [1.165, 1.54) is 4.90 Å². The van der Waals surface area contributed by atoms with Crippen molar-refractivity contribution >= 4 is 11.7 Å². The fraction of sp³-hybridized carbons (Fsp3) is 0.455. The highest BCUT2D eigenvalue weighted by Crippen LogP contribution is 2.08. The number of nitrogen functional groups attached to an aromatic ring is 1. The van der Waals surface area contributed by atoms with Crippen molar-refractivity contribution in [2.45, 2.75) is 19.4 Å². The predicted octanol–water partition coefficient (Wildman–Crippen LogP) is 0.507. The Hall–Kier alpha value is -1.62. The topological polar surface area (TPSA) is 79.5 Å². The fourth-order valence-electron chi connectivity index (χ4n) is 1.42. The molecule has 0 saturated carbocycles. The Balaban J connectivity index is 2.78. The first-order valence-corrected chi connectivity index (χ1v) is 5.00. The van der Waals surface area contributed by atoms with Gasteiger partial charge in [-0.15, -0.1) is 0 Å². The van der Waals surface area contributed by atoms with E-state index in [0.717, 1.165) is 0 Å². The van der Waals surface area contributed by atoms with Crippen molar-refractivity contribution in [2.24, 2.45) is 0 Å². The molecule has 5 heteroatoms. The molecule has 1 aromatic rings. The van der Waals surface area contributed by atoms with Crippen LogP contribution in [0, 0.1) is 0 Å². The standard InChI is InChI=1S/C11H17N3O2/c1-11(2,16)7-14(3)10(15)8-5-4-6-9(12)13-8/h4-6,16H,7H2,1-3H3,(H2,12,13). The van der Waals surface area contributed by atoms with E-state index in [0.29, 0.717) is 5.82 Å². The number of anilines is 1. The van der Waals surface area contributed by atoms with Crippen molar-refractivity contribution in [2.75, 3.05) is 19.3 Å². The van der Waals surface area contributed by atoms with Crippen LogP contribution in [0.2, 0.25) is 0 Å². The van der Waals surface area contributed by atoms with Crippen LogP contribution in [0.4, 0.5) is 5.82 Å². The lowest BCUT2D eigenvalue weighted by Gasteiger charge is -2.25. The molecular weight excluding hydrogens is 206 g/mol. The quantitative estimate of drug-likeness (QED) is 0.782. The first kappa shape index (κ1) is 12.4. The van der Waals surface area contributed by atoms with Crippen molar-refractivity contribution < 1.29 is 9.90 Å². The third-order valence-corrected chi connectivity index (χ3v) is 1.96. The molecule has 0 spiro atoms. The summed E-state index contributed by atoms with van der Waals surface area (Å²) in [5.41, 5.74) is 4.85. The van der Waals surface area contributed by atoms with Gasteiger partial charge in [-0.2, -0.15) is 0 Å². The lowest BCUT2D eigenvalue weighted by atomic mass is 10.1. The summed E-state index contributed by atoms with van der Waals surface area (Å²) < 4.78 is 0. The van der Waals surface area contributed by atoms with Crippen molar-refractivity contribution in [3.63, 3.8) is 0 Å². The first-order valence-electron chi connectivity index (χ1n) is 5.00. The summed E-state index contributed by atoms with van der Waals surface area (Å²) in [6.07, 6.45) is 0. The van der Waals surface area contributed by atoms with E-state index >= 15 is 0 Å². The van der Waals surface area contributed by atoms with E-state index in [2.05, 4.69) is 4.98 Å². The largest absolute Gasteiger partial charge is 0.389 e. The molecule has 0 atom stereocenters. The summed E-state index contributed by atoms with van der Waals surface area (Å²) in [4.78, 5) is 17.2. The molecule has 88 valence electrons. The SMILES string of the molecule is CN(CC(C)(C)O)C(=O)c1cccc(N)n1. The van der Waals surface area contributed by atoms with Crippen LogP contribution in [0.25, 0.3) is 0 Å². The Morgan fingerprint density at radius 3 is 2.69 bits per heavy atom. The summed E-state index contributed by atoms with van der Waals surface area (Å²) in [6.45, 7) is 3.52. The van der Waals surface area contributed by atoms with Gasteiger partial charge in [0, 0.05) is 13.6 Å². The average Bonchev–Trinajstić information content (AvgIpc) is 2.14. The Bertz CT molecular complexity index is 385. The second-order valence-electron chi connectivity index (χ2n) is 4.42. The highest BCUT2D eigenvalue weighted by Gasteiger charge is 2.20. The van der Waals surface area contributed by atoms with Gasteiger partial charge in [0.15, 0.2) is 0 Å². The van der Waals surface area contributed by atoms with Crippen molar-refractivity contribution in [3.8, 4) is 0 Å². The fourth-order valence-corrected chi connectivity index (χ4v) is 1.42. The van der Waals surface area contributed by atoms with E-state index in [9.17, 15) is 9.90 Å². The summed E-state index contributed by atoms with van der Waals surface area (Å²) in [5, 5.41) is 9.60. The summed E-state index contributed by atoms with van der Waals surface area (Å²) >= 11 is 0. The molecule has 3 N–H and O–H groups in total. The van der Waals surface area contributed by atoms with Gasteiger partial charge in [-0.1, -0.05) is 6.07 Å². The normalized spacial score (nSPS) is 11.2. The summed E-state index contributed by atoms with van der Waals surface area (Å²) in [6, 6.07) is 4.89. The Morgan fingerprint density at radius 2 is 2.19 bits per heavy atom. The van der Waals surface area contributed by atoms with E-state index in [1.54, 1.807) is 39.1 Å². The first-order chi connectivity index (χ1) is 7.29. The third-order valence-electron chi connectivity index (χ3n) is 1.96. The van der Waals surface area contributed by atoms with Gasteiger partial charge in [0.05, 0.1) is 5.60 Å². The molecule has 0 aliphatic heterocycles. The lowest BCUT2D eigenvalue weighted by Crippen LogP contribution is -2.40. The van der Waals surface area contributed by atoms with Crippen LogP contribution in [-0.4, -0.2) is 40.1 Å². The van der Waals surface area contributed by atoms with Crippen LogP contribution in [0.15, 0.2) is 18.2 Å². The third kappa shape index (κ3) is 3.51. The molecule has 16 heavy (non-hydrogen) atoms. The lowest BCUT2D eigenvalue weighted by molar-refractivity contribution is 0.0365.